The molecule has 0 unspecified atom stereocenters. The van der Waals surface area contributed by atoms with Crippen molar-refractivity contribution in [3.63, 3.8) is 0 Å². The molecule has 0 spiro atoms. The van der Waals surface area contributed by atoms with Crippen LogP contribution in [-0.2, 0) is 4.79 Å². The van der Waals surface area contributed by atoms with Crippen LogP contribution in [0.2, 0.25) is 5.02 Å². The summed E-state index contributed by atoms with van der Waals surface area (Å²) in [4.78, 5) is 12.1. The maximum absolute atomic E-state index is 14.5. The SMILES string of the molecule is CC[C@@H](C)NC(=O)CSc1nnc(-c2ccccc2Cl)n1-c1ccccc1F. The zero-order valence-corrected chi connectivity index (χ0v) is 17.1. The number of rotatable bonds is 7. The van der Waals surface area contributed by atoms with Gasteiger partial charge in [0.1, 0.15) is 5.82 Å². The van der Waals surface area contributed by atoms with E-state index >= 15 is 0 Å². The molecule has 0 fully saturated rings. The first-order chi connectivity index (χ1) is 13.5. The van der Waals surface area contributed by atoms with Crippen molar-refractivity contribution in [2.75, 3.05) is 5.75 Å². The molecule has 2 aromatic carbocycles. The Morgan fingerprint density at radius 2 is 1.93 bits per heavy atom. The summed E-state index contributed by atoms with van der Waals surface area (Å²) in [6.07, 6.45) is 0.846. The smallest absolute Gasteiger partial charge is 0.230 e. The Kier molecular flexibility index (Phi) is 6.70. The van der Waals surface area contributed by atoms with Gasteiger partial charge in [-0.25, -0.2) is 4.39 Å². The van der Waals surface area contributed by atoms with Crippen molar-refractivity contribution in [1.29, 1.82) is 0 Å². The van der Waals surface area contributed by atoms with Crippen LogP contribution in [0.1, 0.15) is 20.3 Å². The van der Waals surface area contributed by atoms with Crippen LogP contribution in [0.25, 0.3) is 17.1 Å². The van der Waals surface area contributed by atoms with Gasteiger partial charge in [0.15, 0.2) is 11.0 Å². The molecule has 0 aliphatic carbocycles. The molecular formula is C20H20ClFN4OS. The minimum Gasteiger partial charge on any atom is -0.353 e. The fourth-order valence-electron chi connectivity index (χ4n) is 2.58. The van der Waals surface area contributed by atoms with Crippen LogP contribution in [0.3, 0.4) is 0 Å². The molecule has 0 radical (unpaired) electrons. The molecule has 1 N–H and O–H groups in total. The number of hydrogen-bond donors (Lipinski definition) is 1. The molecule has 1 heterocycles. The van der Waals surface area contributed by atoms with Gasteiger partial charge in [-0.05, 0) is 37.6 Å². The third-order valence-electron chi connectivity index (χ3n) is 4.19. The molecule has 0 aliphatic rings. The Hall–Kier alpha value is -2.38. The molecule has 5 nitrogen and oxygen atoms in total. The van der Waals surface area contributed by atoms with Gasteiger partial charge in [-0.3, -0.25) is 9.36 Å². The second kappa shape index (κ2) is 9.21. The van der Waals surface area contributed by atoms with Crippen LogP contribution >= 0.6 is 23.4 Å². The average Bonchev–Trinajstić information content (AvgIpc) is 3.10. The molecule has 1 amide bonds. The van der Waals surface area contributed by atoms with E-state index < -0.39 is 5.82 Å². The van der Waals surface area contributed by atoms with Crippen LogP contribution in [0.5, 0.6) is 0 Å². The Balaban J connectivity index is 1.99. The van der Waals surface area contributed by atoms with Crippen LogP contribution < -0.4 is 5.32 Å². The molecular weight excluding hydrogens is 399 g/mol. The highest BCUT2D eigenvalue weighted by Gasteiger charge is 2.21. The van der Waals surface area contributed by atoms with Gasteiger partial charge in [0.05, 0.1) is 16.5 Å². The average molecular weight is 419 g/mol. The van der Waals surface area contributed by atoms with E-state index in [1.165, 1.54) is 17.8 Å². The molecule has 1 aromatic heterocycles. The van der Waals surface area contributed by atoms with E-state index in [2.05, 4.69) is 15.5 Å². The number of halogens is 2. The van der Waals surface area contributed by atoms with Crippen LogP contribution in [0.4, 0.5) is 4.39 Å². The first-order valence-corrected chi connectivity index (χ1v) is 10.2. The number of hydrogen-bond acceptors (Lipinski definition) is 4. The minimum atomic E-state index is -0.415. The van der Waals surface area contributed by atoms with E-state index in [9.17, 15) is 9.18 Å². The van der Waals surface area contributed by atoms with Crippen molar-refractivity contribution in [3.8, 4) is 17.1 Å². The van der Waals surface area contributed by atoms with E-state index in [1.54, 1.807) is 34.9 Å². The highest BCUT2D eigenvalue weighted by molar-refractivity contribution is 7.99. The Morgan fingerprint density at radius 1 is 1.21 bits per heavy atom. The molecule has 0 bridgehead atoms. The third-order valence-corrected chi connectivity index (χ3v) is 5.45. The van der Waals surface area contributed by atoms with E-state index in [0.29, 0.717) is 27.3 Å². The summed E-state index contributed by atoms with van der Waals surface area (Å²) in [5, 5.41) is 12.2. The summed E-state index contributed by atoms with van der Waals surface area (Å²) in [6.45, 7) is 3.95. The number of nitrogens with zero attached hydrogens (tertiary/aromatic N) is 3. The predicted octanol–water partition coefficient (Wildman–Crippen LogP) is 4.73. The van der Waals surface area contributed by atoms with Crippen LogP contribution in [0, 0.1) is 5.82 Å². The lowest BCUT2D eigenvalue weighted by Crippen LogP contribution is -2.33. The molecule has 0 saturated heterocycles. The fraction of sp³-hybridized carbons (Fsp3) is 0.250. The van der Waals surface area contributed by atoms with Crippen molar-refractivity contribution < 1.29 is 9.18 Å². The van der Waals surface area contributed by atoms with Gasteiger partial charge in [0, 0.05) is 11.6 Å². The van der Waals surface area contributed by atoms with E-state index in [-0.39, 0.29) is 17.7 Å². The van der Waals surface area contributed by atoms with Gasteiger partial charge < -0.3 is 5.32 Å². The maximum Gasteiger partial charge on any atom is 0.230 e. The third kappa shape index (κ3) is 4.54. The van der Waals surface area contributed by atoms with Crippen molar-refractivity contribution in [2.45, 2.75) is 31.5 Å². The fourth-order valence-corrected chi connectivity index (χ4v) is 3.56. The summed E-state index contributed by atoms with van der Waals surface area (Å²) in [5.41, 5.74) is 0.933. The van der Waals surface area contributed by atoms with Crippen molar-refractivity contribution >= 4 is 29.3 Å². The molecule has 28 heavy (non-hydrogen) atoms. The van der Waals surface area contributed by atoms with Crippen LogP contribution in [0.15, 0.2) is 53.7 Å². The number of carbonyl (C=O) groups excluding carboxylic acids is 1. The Labute approximate surface area is 172 Å². The summed E-state index contributed by atoms with van der Waals surface area (Å²) in [5.74, 6) is 0.0446. The first kappa shape index (κ1) is 20.4. The highest BCUT2D eigenvalue weighted by atomic mass is 35.5. The summed E-state index contributed by atoms with van der Waals surface area (Å²) in [7, 11) is 0. The number of nitrogens with one attached hydrogen (secondary N) is 1. The number of amides is 1. The zero-order chi connectivity index (χ0) is 20.1. The Bertz CT molecular complexity index is 978. The molecule has 3 aromatic rings. The van der Waals surface area contributed by atoms with Crippen molar-refractivity contribution in [1.82, 2.24) is 20.1 Å². The quantitative estimate of drug-likeness (QED) is 0.563. The molecule has 3 rings (SSSR count). The standard InChI is InChI=1S/C20H20ClFN4OS/c1-3-13(2)23-18(27)12-28-20-25-24-19(14-8-4-5-9-15(14)21)26(20)17-11-7-6-10-16(17)22/h4-11,13H,3,12H2,1-2H3,(H,23,27)/t13-/m1/s1. The molecule has 0 saturated carbocycles. The number of aromatic nitrogens is 3. The van der Waals surface area contributed by atoms with E-state index in [0.717, 1.165) is 6.42 Å². The number of para-hydroxylation sites is 1. The lowest BCUT2D eigenvalue weighted by Gasteiger charge is -2.13. The normalized spacial score (nSPS) is 12.0. The lowest BCUT2D eigenvalue weighted by molar-refractivity contribution is -0.119. The van der Waals surface area contributed by atoms with Crippen molar-refractivity contribution in [3.05, 3.63) is 59.4 Å². The van der Waals surface area contributed by atoms with E-state index in [1.807, 2.05) is 26.0 Å². The number of thioether (sulfide) groups is 1. The topological polar surface area (TPSA) is 59.8 Å². The summed E-state index contributed by atoms with van der Waals surface area (Å²) >= 11 is 7.52. The maximum atomic E-state index is 14.5. The van der Waals surface area contributed by atoms with Crippen LogP contribution in [-0.4, -0.2) is 32.5 Å². The predicted molar refractivity (Wildman–Crippen MR) is 110 cm³/mol. The number of benzene rings is 2. The number of carbonyl (C=O) groups is 1. The van der Waals surface area contributed by atoms with Gasteiger partial charge in [-0.15, -0.1) is 10.2 Å². The second-order valence-electron chi connectivity index (χ2n) is 6.24. The van der Waals surface area contributed by atoms with Gasteiger partial charge in [-0.1, -0.05) is 54.6 Å². The molecule has 8 heteroatoms. The molecule has 1 atom stereocenters. The monoisotopic (exact) mass is 418 g/mol. The zero-order valence-electron chi connectivity index (χ0n) is 15.5. The minimum absolute atomic E-state index is 0.0937. The lowest BCUT2D eigenvalue weighted by atomic mass is 10.2. The molecule has 146 valence electrons. The summed E-state index contributed by atoms with van der Waals surface area (Å²) < 4.78 is 16.1. The highest BCUT2D eigenvalue weighted by Crippen LogP contribution is 2.32. The largest absolute Gasteiger partial charge is 0.353 e. The van der Waals surface area contributed by atoms with Gasteiger partial charge in [-0.2, -0.15) is 0 Å². The first-order valence-electron chi connectivity index (χ1n) is 8.88. The van der Waals surface area contributed by atoms with Gasteiger partial charge in [0.25, 0.3) is 0 Å². The summed E-state index contributed by atoms with van der Waals surface area (Å²) in [6, 6.07) is 13.6. The molecule has 0 aliphatic heterocycles. The second-order valence-corrected chi connectivity index (χ2v) is 7.59. The van der Waals surface area contributed by atoms with Gasteiger partial charge >= 0.3 is 0 Å². The van der Waals surface area contributed by atoms with Gasteiger partial charge in [0.2, 0.25) is 5.91 Å². The van der Waals surface area contributed by atoms with E-state index in [4.69, 9.17) is 11.6 Å². The van der Waals surface area contributed by atoms with Crippen molar-refractivity contribution in [2.24, 2.45) is 0 Å². The Morgan fingerprint density at radius 3 is 2.64 bits per heavy atom.